The fourth-order valence-electron chi connectivity index (χ4n) is 1.32. The standard InChI is InChI=1S/C11H19N3/c1-4-6-12-10(3)9(2)11-13-7-5-8-14-11/h5,7-10,12H,4,6H2,1-3H3. The molecule has 2 unspecified atom stereocenters. The smallest absolute Gasteiger partial charge is 0.132 e. The lowest BCUT2D eigenvalue weighted by Crippen LogP contribution is -2.32. The topological polar surface area (TPSA) is 37.8 Å². The molecule has 0 radical (unpaired) electrons. The van der Waals surface area contributed by atoms with Crippen LogP contribution in [0.3, 0.4) is 0 Å². The number of aromatic nitrogens is 2. The Bertz CT molecular complexity index is 248. The summed E-state index contributed by atoms with van der Waals surface area (Å²) in [4.78, 5) is 8.51. The van der Waals surface area contributed by atoms with Gasteiger partial charge in [0.1, 0.15) is 5.82 Å². The molecule has 0 bridgehead atoms. The van der Waals surface area contributed by atoms with Crippen LogP contribution in [0, 0.1) is 0 Å². The summed E-state index contributed by atoms with van der Waals surface area (Å²) in [6.45, 7) is 7.56. The van der Waals surface area contributed by atoms with Gasteiger partial charge in [0, 0.05) is 24.4 Å². The van der Waals surface area contributed by atoms with Crippen LogP contribution in [0.1, 0.15) is 38.9 Å². The molecule has 0 saturated heterocycles. The molecule has 0 saturated carbocycles. The van der Waals surface area contributed by atoms with Crippen LogP contribution in [0.15, 0.2) is 18.5 Å². The molecule has 3 heteroatoms. The fraction of sp³-hybridized carbons (Fsp3) is 0.636. The molecule has 0 aliphatic carbocycles. The molecule has 78 valence electrons. The molecule has 3 nitrogen and oxygen atoms in total. The summed E-state index contributed by atoms with van der Waals surface area (Å²) in [6, 6.07) is 2.28. The Hall–Kier alpha value is -0.960. The van der Waals surface area contributed by atoms with Gasteiger partial charge in [-0.2, -0.15) is 0 Å². The first-order valence-corrected chi connectivity index (χ1v) is 5.26. The molecule has 0 spiro atoms. The fourth-order valence-corrected chi connectivity index (χ4v) is 1.32. The van der Waals surface area contributed by atoms with E-state index < -0.39 is 0 Å². The first-order chi connectivity index (χ1) is 6.75. The third kappa shape index (κ3) is 3.07. The van der Waals surface area contributed by atoms with Gasteiger partial charge in [-0.3, -0.25) is 0 Å². The van der Waals surface area contributed by atoms with Crippen molar-refractivity contribution in [3.63, 3.8) is 0 Å². The van der Waals surface area contributed by atoms with E-state index in [1.807, 2.05) is 6.07 Å². The highest BCUT2D eigenvalue weighted by molar-refractivity contribution is 4.98. The minimum atomic E-state index is 0.364. The maximum absolute atomic E-state index is 4.26. The van der Waals surface area contributed by atoms with Crippen molar-refractivity contribution in [2.45, 2.75) is 39.2 Å². The highest BCUT2D eigenvalue weighted by Crippen LogP contribution is 2.13. The molecule has 2 atom stereocenters. The van der Waals surface area contributed by atoms with Crippen LogP contribution in [0.25, 0.3) is 0 Å². The van der Waals surface area contributed by atoms with E-state index in [1.54, 1.807) is 12.4 Å². The zero-order chi connectivity index (χ0) is 10.4. The summed E-state index contributed by atoms with van der Waals surface area (Å²) in [7, 11) is 0. The Labute approximate surface area is 86.0 Å². The van der Waals surface area contributed by atoms with Crippen LogP contribution in [-0.4, -0.2) is 22.6 Å². The number of hydrogen-bond acceptors (Lipinski definition) is 3. The van der Waals surface area contributed by atoms with Crippen LogP contribution in [0.4, 0.5) is 0 Å². The first kappa shape index (κ1) is 11.1. The van der Waals surface area contributed by atoms with Crippen LogP contribution in [0.5, 0.6) is 0 Å². The molecule has 1 heterocycles. The van der Waals surface area contributed by atoms with Crippen LogP contribution >= 0.6 is 0 Å². The lowest BCUT2D eigenvalue weighted by Gasteiger charge is -2.19. The molecule has 1 rings (SSSR count). The van der Waals surface area contributed by atoms with Gasteiger partial charge in [-0.25, -0.2) is 9.97 Å². The molecule has 14 heavy (non-hydrogen) atoms. The van der Waals surface area contributed by atoms with E-state index >= 15 is 0 Å². The van der Waals surface area contributed by atoms with Crippen molar-refractivity contribution < 1.29 is 0 Å². The molecule has 0 aromatic carbocycles. The van der Waals surface area contributed by atoms with Gasteiger partial charge in [0.15, 0.2) is 0 Å². The third-order valence-electron chi connectivity index (χ3n) is 2.46. The molecular formula is C11H19N3. The van der Waals surface area contributed by atoms with Crippen molar-refractivity contribution in [1.29, 1.82) is 0 Å². The van der Waals surface area contributed by atoms with E-state index in [0.29, 0.717) is 12.0 Å². The number of nitrogens with one attached hydrogen (secondary N) is 1. The van der Waals surface area contributed by atoms with E-state index in [-0.39, 0.29) is 0 Å². The minimum absolute atomic E-state index is 0.364. The highest BCUT2D eigenvalue weighted by Gasteiger charge is 2.15. The third-order valence-corrected chi connectivity index (χ3v) is 2.46. The molecule has 1 N–H and O–H groups in total. The zero-order valence-electron chi connectivity index (χ0n) is 9.20. The Morgan fingerprint density at radius 2 is 1.93 bits per heavy atom. The molecule has 0 amide bonds. The second-order valence-electron chi connectivity index (χ2n) is 3.64. The van der Waals surface area contributed by atoms with Gasteiger partial charge in [-0.15, -0.1) is 0 Å². The normalized spacial score (nSPS) is 15.1. The molecule has 0 aliphatic rings. The lowest BCUT2D eigenvalue weighted by molar-refractivity contribution is 0.466. The number of nitrogens with zero attached hydrogens (tertiary/aromatic N) is 2. The zero-order valence-corrected chi connectivity index (χ0v) is 9.20. The predicted molar refractivity (Wildman–Crippen MR) is 58.2 cm³/mol. The second kappa shape index (κ2) is 5.70. The molecular weight excluding hydrogens is 174 g/mol. The number of rotatable bonds is 5. The van der Waals surface area contributed by atoms with Gasteiger partial charge in [-0.05, 0) is 26.0 Å². The molecule has 1 aromatic rings. The van der Waals surface area contributed by atoms with E-state index in [1.165, 1.54) is 0 Å². The van der Waals surface area contributed by atoms with Crippen molar-refractivity contribution in [2.24, 2.45) is 0 Å². The van der Waals surface area contributed by atoms with Gasteiger partial charge in [-0.1, -0.05) is 13.8 Å². The molecule has 1 aromatic heterocycles. The average Bonchev–Trinajstić information content (AvgIpc) is 2.26. The predicted octanol–water partition coefficient (Wildman–Crippen LogP) is 1.97. The summed E-state index contributed by atoms with van der Waals surface area (Å²) in [5, 5.41) is 3.45. The Morgan fingerprint density at radius 3 is 2.50 bits per heavy atom. The van der Waals surface area contributed by atoms with Crippen molar-refractivity contribution >= 4 is 0 Å². The summed E-state index contributed by atoms with van der Waals surface area (Å²) in [5.41, 5.74) is 0. The van der Waals surface area contributed by atoms with E-state index in [4.69, 9.17) is 0 Å². The maximum Gasteiger partial charge on any atom is 0.132 e. The summed E-state index contributed by atoms with van der Waals surface area (Å²) in [6.07, 6.45) is 4.75. The van der Waals surface area contributed by atoms with Crippen molar-refractivity contribution in [1.82, 2.24) is 15.3 Å². The molecule has 0 aliphatic heterocycles. The average molecular weight is 193 g/mol. The van der Waals surface area contributed by atoms with E-state index in [0.717, 1.165) is 18.8 Å². The van der Waals surface area contributed by atoms with Crippen LogP contribution in [-0.2, 0) is 0 Å². The Balaban J connectivity index is 2.52. The van der Waals surface area contributed by atoms with E-state index in [9.17, 15) is 0 Å². The lowest BCUT2D eigenvalue weighted by atomic mass is 10.0. The summed E-state index contributed by atoms with van der Waals surface area (Å²) < 4.78 is 0. The van der Waals surface area contributed by atoms with Crippen LogP contribution in [0.2, 0.25) is 0 Å². The van der Waals surface area contributed by atoms with Gasteiger partial charge in [0.2, 0.25) is 0 Å². The summed E-state index contributed by atoms with van der Waals surface area (Å²) in [5.74, 6) is 1.28. The van der Waals surface area contributed by atoms with Gasteiger partial charge in [0.25, 0.3) is 0 Å². The van der Waals surface area contributed by atoms with Crippen molar-refractivity contribution in [3.8, 4) is 0 Å². The van der Waals surface area contributed by atoms with Crippen molar-refractivity contribution in [2.75, 3.05) is 6.54 Å². The Kier molecular flexibility index (Phi) is 4.53. The van der Waals surface area contributed by atoms with Crippen molar-refractivity contribution in [3.05, 3.63) is 24.3 Å². The molecule has 0 fully saturated rings. The minimum Gasteiger partial charge on any atom is -0.314 e. The van der Waals surface area contributed by atoms with E-state index in [2.05, 4.69) is 36.1 Å². The first-order valence-electron chi connectivity index (χ1n) is 5.26. The largest absolute Gasteiger partial charge is 0.314 e. The highest BCUT2D eigenvalue weighted by atomic mass is 14.9. The maximum atomic E-state index is 4.26. The number of hydrogen-bond donors (Lipinski definition) is 1. The monoisotopic (exact) mass is 193 g/mol. The summed E-state index contributed by atoms with van der Waals surface area (Å²) >= 11 is 0. The van der Waals surface area contributed by atoms with Gasteiger partial charge in [0.05, 0.1) is 0 Å². The van der Waals surface area contributed by atoms with Gasteiger partial charge >= 0.3 is 0 Å². The second-order valence-corrected chi connectivity index (χ2v) is 3.64. The van der Waals surface area contributed by atoms with Gasteiger partial charge < -0.3 is 5.32 Å². The van der Waals surface area contributed by atoms with Crippen LogP contribution < -0.4 is 5.32 Å². The quantitative estimate of drug-likeness (QED) is 0.777. The SMILES string of the molecule is CCCNC(C)C(C)c1ncccn1. The Morgan fingerprint density at radius 1 is 1.29 bits per heavy atom.